The van der Waals surface area contributed by atoms with Crippen LogP contribution in [0.3, 0.4) is 0 Å². The summed E-state index contributed by atoms with van der Waals surface area (Å²) >= 11 is 6.52. The maximum atomic E-state index is 6.52. The predicted molar refractivity (Wildman–Crippen MR) is 154 cm³/mol. The Morgan fingerprint density at radius 2 is 1.62 bits per heavy atom. The summed E-state index contributed by atoms with van der Waals surface area (Å²) in [5.74, 6) is 0.983. The van der Waals surface area contributed by atoms with Crippen molar-refractivity contribution >= 4 is 34.1 Å². The van der Waals surface area contributed by atoms with Crippen LogP contribution in [0.15, 0.2) is 85.3 Å². The number of anilines is 2. The molecule has 0 spiro atoms. The van der Waals surface area contributed by atoms with Crippen LogP contribution in [-0.4, -0.2) is 40.2 Å². The molecule has 3 heterocycles. The Hall–Kier alpha value is -3.83. The molecule has 6 rings (SSSR count). The van der Waals surface area contributed by atoms with E-state index in [9.17, 15) is 0 Å². The van der Waals surface area contributed by atoms with Gasteiger partial charge in [0, 0.05) is 53.8 Å². The highest BCUT2D eigenvalue weighted by Gasteiger charge is 2.28. The first-order valence-electron chi connectivity index (χ1n) is 12.8. The quantitative estimate of drug-likeness (QED) is 0.260. The lowest BCUT2D eigenvalue weighted by Crippen LogP contribution is -2.52. The molecule has 1 atom stereocenters. The summed E-state index contributed by atoms with van der Waals surface area (Å²) in [5, 5.41) is 1.82. The molecule has 6 heteroatoms. The molecule has 1 unspecified atom stereocenters. The van der Waals surface area contributed by atoms with Crippen LogP contribution in [0.1, 0.15) is 18.1 Å². The van der Waals surface area contributed by atoms with Crippen LogP contribution in [0, 0.1) is 13.8 Å². The van der Waals surface area contributed by atoms with E-state index in [1.54, 1.807) is 6.33 Å². The fourth-order valence-corrected chi connectivity index (χ4v) is 5.50. The molecule has 1 saturated heterocycles. The second-order valence-electron chi connectivity index (χ2n) is 9.93. The van der Waals surface area contributed by atoms with E-state index in [1.165, 1.54) is 11.3 Å². The molecule has 2 aromatic heterocycles. The van der Waals surface area contributed by atoms with Crippen molar-refractivity contribution in [2.24, 2.45) is 0 Å². The summed E-state index contributed by atoms with van der Waals surface area (Å²) in [7, 11) is 0. The van der Waals surface area contributed by atoms with Crippen molar-refractivity contribution in [3.63, 3.8) is 0 Å². The summed E-state index contributed by atoms with van der Waals surface area (Å²) in [6.07, 6.45) is 3.86. The van der Waals surface area contributed by atoms with Crippen LogP contribution in [0.4, 0.5) is 11.5 Å². The lowest BCUT2D eigenvalue weighted by molar-refractivity contribution is 0.548. The zero-order valence-electron chi connectivity index (χ0n) is 21.4. The van der Waals surface area contributed by atoms with Gasteiger partial charge in [-0.25, -0.2) is 9.97 Å². The van der Waals surface area contributed by atoms with Crippen molar-refractivity contribution < 1.29 is 0 Å². The van der Waals surface area contributed by atoms with Gasteiger partial charge >= 0.3 is 0 Å². The Balaban J connectivity index is 1.44. The van der Waals surface area contributed by atoms with Gasteiger partial charge in [0.15, 0.2) is 5.65 Å². The van der Waals surface area contributed by atoms with E-state index >= 15 is 0 Å². The second-order valence-corrected chi connectivity index (χ2v) is 10.3. The first kappa shape index (κ1) is 23.6. The zero-order valence-corrected chi connectivity index (χ0v) is 22.2. The van der Waals surface area contributed by atoms with E-state index < -0.39 is 0 Å². The predicted octanol–water partition coefficient (Wildman–Crippen LogP) is 7.07. The van der Waals surface area contributed by atoms with Crippen molar-refractivity contribution in [1.82, 2.24) is 14.5 Å². The van der Waals surface area contributed by atoms with Crippen molar-refractivity contribution in [3.8, 4) is 16.8 Å². The number of rotatable bonds is 4. The molecule has 1 aliphatic heterocycles. The van der Waals surface area contributed by atoms with Gasteiger partial charge in [0.05, 0.1) is 5.39 Å². The number of hydrogen-bond acceptors (Lipinski definition) is 4. The van der Waals surface area contributed by atoms with Crippen LogP contribution in [0.2, 0.25) is 5.02 Å². The number of hydrogen-bond donors (Lipinski definition) is 0. The summed E-state index contributed by atoms with van der Waals surface area (Å²) in [6, 6.07) is 25.8. The van der Waals surface area contributed by atoms with Crippen LogP contribution >= 0.6 is 11.6 Å². The zero-order chi connectivity index (χ0) is 25.5. The molecule has 37 heavy (non-hydrogen) atoms. The summed E-state index contributed by atoms with van der Waals surface area (Å²) in [4.78, 5) is 14.5. The highest BCUT2D eigenvalue weighted by molar-refractivity contribution is 6.31. The maximum absolute atomic E-state index is 6.52. The van der Waals surface area contributed by atoms with Gasteiger partial charge < -0.3 is 14.4 Å². The van der Waals surface area contributed by atoms with Gasteiger partial charge in [-0.3, -0.25) is 0 Å². The number of piperazine rings is 1. The Bertz CT molecular complexity index is 1560. The monoisotopic (exact) mass is 507 g/mol. The molecule has 0 aliphatic carbocycles. The summed E-state index contributed by atoms with van der Waals surface area (Å²) < 4.78 is 2.14. The van der Waals surface area contributed by atoms with Gasteiger partial charge in [0.25, 0.3) is 0 Å². The third kappa shape index (κ3) is 4.34. The molecule has 0 N–H and O–H groups in total. The van der Waals surface area contributed by atoms with Crippen LogP contribution in [-0.2, 0) is 0 Å². The molecule has 1 fully saturated rings. The molecular formula is C31H30ClN5. The lowest BCUT2D eigenvalue weighted by Gasteiger charge is -2.42. The van der Waals surface area contributed by atoms with Crippen molar-refractivity contribution in [3.05, 3.63) is 101 Å². The largest absolute Gasteiger partial charge is 0.365 e. The average molecular weight is 508 g/mol. The average Bonchev–Trinajstić information content (AvgIpc) is 3.31. The molecule has 1 aliphatic rings. The van der Waals surface area contributed by atoms with E-state index in [4.69, 9.17) is 21.6 Å². The third-order valence-corrected chi connectivity index (χ3v) is 7.78. The Labute approximate surface area is 223 Å². The summed E-state index contributed by atoms with van der Waals surface area (Å²) in [6.45, 7) is 9.15. The minimum absolute atomic E-state index is 0.347. The van der Waals surface area contributed by atoms with Crippen molar-refractivity contribution in [2.75, 3.05) is 29.4 Å². The van der Waals surface area contributed by atoms with Gasteiger partial charge in [-0.2, -0.15) is 0 Å². The molecule has 0 bridgehead atoms. The highest BCUT2D eigenvalue weighted by Crippen LogP contribution is 2.38. The van der Waals surface area contributed by atoms with E-state index in [0.29, 0.717) is 6.04 Å². The SMILES string of the molecule is Cc1ccc(N2CCN(c3ncnc4c3c(-c3ccccc3)cn4-c3ccc(C)c(Cl)c3)CC2C)cc1. The molecular weight excluding hydrogens is 478 g/mol. The second kappa shape index (κ2) is 9.56. The van der Waals surface area contributed by atoms with E-state index in [-0.39, 0.29) is 0 Å². The Kier molecular flexibility index (Phi) is 6.09. The molecule has 5 nitrogen and oxygen atoms in total. The number of fused-ring (bicyclic) bond motifs is 1. The molecule has 3 aromatic carbocycles. The lowest BCUT2D eigenvalue weighted by atomic mass is 10.1. The molecule has 0 amide bonds. The van der Waals surface area contributed by atoms with E-state index in [2.05, 4.69) is 95.1 Å². The smallest absolute Gasteiger partial charge is 0.150 e. The van der Waals surface area contributed by atoms with Gasteiger partial charge in [0.2, 0.25) is 0 Å². The van der Waals surface area contributed by atoms with Gasteiger partial charge in [0.1, 0.15) is 12.1 Å². The number of halogens is 1. The van der Waals surface area contributed by atoms with Crippen LogP contribution in [0.5, 0.6) is 0 Å². The minimum atomic E-state index is 0.347. The fraction of sp³-hybridized carbons (Fsp3) is 0.226. The van der Waals surface area contributed by atoms with Crippen molar-refractivity contribution in [1.29, 1.82) is 0 Å². The standard InChI is InChI=1S/C31H30ClN5/c1-21-9-12-25(13-10-21)36-16-15-35(18-23(36)3)30-29-27(24-7-5-4-6-8-24)19-37(31(29)34-20-33-30)26-14-11-22(2)28(32)17-26/h4-14,17,19-20,23H,15-16,18H2,1-3H3. The first-order valence-corrected chi connectivity index (χ1v) is 13.1. The molecule has 5 aromatic rings. The number of benzene rings is 3. The third-order valence-electron chi connectivity index (χ3n) is 7.37. The minimum Gasteiger partial charge on any atom is -0.365 e. The maximum Gasteiger partial charge on any atom is 0.150 e. The highest BCUT2D eigenvalue weighted by atomic mass is 35.5. The Morgan fingerprint density at radius 3 is 2.35 bits per heavy atom. The van der Waals surface area contributed by atoms with Gasteiger partial charge in [-0.05, 0) is 56.2 Å². The number of nitrogens with zero attached hydrogens (tertiary/aromatic N) is 5. The van der Waals surface area contributed by atoms with Crippen LogP contribution < -0.4 is 9.80 Å². The summed E-state index contributed by atoms with van der Waals surface area (Å²) in [5.41, 5.74) is 7.76. The van der Waals surface area contributed by atoms with Gasteiger partial charge in [-0.15, -0.1) is 0 Å². The van der Waals surface area contributed by atoms with Crippen LogP contribution in [0.25, 0.3) is 27.8 Å². The first-order chi connectivity index (χ1) is 18.0. The molecule has 0 radical (unpaired) electrons. The molecule has 186 valence electrons. The van der Waals surface area contributed by atoms with Crippen molar-refractivity contribution in [2.45, 2.75) is 26.8 Å². The normalized spacial score (nSPS) is 15.9. The fourth-order valence-electron chi connectivity index (χ4n) is 5.32. The number of aromatic nitrogens is 3. The van der Waals surface area contributed by atoms with E-state index in [0.717, 1.165) is 63.9 Å². The number of aryl methyl sites for hydroxylation is 2. The van der Waals surface area contributed by atoms with E-state index in [1.807, 2.05) is 19.1 Å². The Morgan fingerprint density at radius 1 is 0.865 bits per heavy atom. The molecule has 0 saturated carbocycles. The van der Waals surface area contributed by atoms with Gasteiger partial charge in [-0.1, -0.05) is 65.7 Å². The topological polar surface area (TPSA) is 37.2 Å².